The summed E-state index contributed by atoms with van der Waals surface area (Å²) < 4.78 is 37.6. The third-order valence-electron chi connectivity index (χ3n) is 3.05. The Morgan fingerprint density at radius 2 is 1.82 bits per heavy atom. The van der Waals surface area contributed by atoms with Crippen LogP contribution < -0.4 is 10.6 Å². The van der Waals surface area contributed by atoms with E-state index in [0.29, 0.717) is 27.3 Å². The van der Waals surface area contributed by atoms with Crippen LogP contribution in [-0.4, -0.2) is 16.9 Å². The summed E-state index contributed by atoms with van der Waals surface area (Å²) in [6, 6.07) is 4.97. The average molecular weight is 327 g/mol. The number of benzene rings is 1. The zero-order valence-electron chi connectivity index (χ0n) is 10.8. The number of nitrogens with one attached hydrogen (secondary N) is 2. The van der Waals surface area contributed by atoms with Crippen molar-refractivity contribution in [3.8, 4) is 10.4 Å². The van der Waals surface area contributed by atoms with Crippen molar-refractivity contribution in [2.75, 3.05) is 0 Å². The van der Waals surface area contributed by atoms with Gasteiger partial charge in [-0.25, -0.2) is 9.78 Å². The van der Waals surface area contributed by atoms with Gasteiger partial charge in [-0.05, 0) is 11.1 Å². The number of amides is 3. The van der Waals surface area contributed by atoms with Crippen LogP contribution in [0, 0.1) is 0 Å². The maximum Gasteiger partial charge on any atom is 0.443 e. The predicted octanol–water partition coefficient (Wildman–Crippen LogP) is 2.71. The predicted molar refractivity (Wildman–Crippen MR) is 72.0 cm³/mol. The van der Waals surface area contributed by atoms with E-state index >= 15 is 0 Å². The van der Waals surface area contributed by atoms with Gasteiger partial charge in [0, 0.05) is 6.20 Å². The minimum absolute atomic E-state index is 0.374. The maximum absolute atomic E-state index is 12.5. The van der Waals surface area contributed by atoms with Crippen LogP contribution in [0.2, 0.25) is 0 Å². The van der Waals surface area contributed by atoms with Crippen molar-refractivity contribution in [3.63, 3.8) is 0 Å². The van der Waals surface area contributed by atoms with E-state index in [2.05, 4.69) is 15.6 Å². The van der Waals surface area contributed by atoms with Crippen LogP contribution in [0.1, 0.15) is 16.6 Å². The second-order valence-corrected chi connectivity index (χ2v) is 5.58. The molecule has 1 atom stereocenters. The van der Waals surface area contributed by atoms with Gasteiger partial charge >= 0.3 is 12.2 Å². The smallest absolute Gasteiger partial charge is 0.322 e. The number of imide groups is 1. The van der Waals surface area contributed by atoms with E-state index < -0.39 is 29.2 Å². The summed E-state index contributed by atoms with van der Waals surface area (Å²) >= 11 is 0.547. The highest BCUT2D eigenvalue weighted by molar-refractivity contribution is 7.15. The molecule has 0 spiro atoms. The van der Waals surface area contributed by atoms with Gasteiger partial charge in [-0.3, -0.25) is 10.1 Å². The van der Waals surface area contributed by atoms with Gasteiger partial charge in [0.15, 0.2) is 5.01 Å². The fourth-order valence-corrected chi connectivity index (χ4v) is 2.82. The number of carbonyl (C=O) groups excluding carboxylic acids is 2. The molecule has 1 fully saturated rings. The highest BCUT2D eigenvalue weighted by atomic mass is 32.1. The normalized spacial score (nSPS) is 18.2. The molecular weight excluding hydrogens is 319 g/mol. The third-order valence-corrected chi connectivity index (χ3v) is 4.14. The van der Waals surface area contributed by atoms with E-state index in [-0.39, 0.29) is 0 Å². The largest absolute Gasteiger partial charge is 0.443 e. The Morgan fingerprint density at radius 1 is 1.14 bits per heavy atom. The van der Waals surface area contributed by atoms with Crippen LogP contribution in [0.15, 0.2) is 30.5 Å². The first-order valence-corrected chi connectivity index (χ1v) is 6.91. The van der Waals surface area contributed by atoms with Crippen molar-refractivity contribution in [3.05, 3.63) is 41.0 Å². The molecule has 1 aromatic carbocycles. The quantitative estimate of drug-likeness (QED) is 0.833. The average Bonchev–Trinajstić information content (AvgIpc) is 3.05. The van der Waals surface area contributed by atoms with Gasteiger partial charge in [0.05, 0.1) is 4.88 Å². The van der Waals surface area contributed by atoms with Crippen LogP contribution >= 0.6 is 11.3 Å². The summed E-state index contributed by atoms with van der Waals surface area (Å²) in [6.07, 6.45) is -3.30. The number of hydrogen-bond donors (Lipinski definition) is 2. The van der Waals surface area contributed by atoms with Crippen molar-refractivity contribution in [1.82, 2.24) is 15.6 Å². The summed E-state index contributed by atoms with van der Waals surface area (Å²) in [6.45, 7) is 0. The number of thiazole rings is 1. The summed E-state index contributed by atoms with van der Waals surface area (Å²) in [7, 11) is 0. The Balaban J connectivity index is 1.84. The molecule has 2 heterocycles. The molecule has 22 heavy (non-hydrogen) atoms. The Hall–Kier alpha value is -2.42. The lowest BCUT2D eigenvalue weighted by Crippen LogP contribution is -2.22. The summed E-state index contributed by atoms with van der Waals surface area (Å²) in [5.41, 5.74) is 1.11. The lowest BCUT2D eigenvalue weighted by Gasteiger charge is -2.07. The fourth-order valence-electron chi connectivity index (χ4n) is 2.03. The number of carbonyl (C=O) groups is 2. The molecule has 2 aromatic rings. The van der Waals surface area contributed by atoms with Crippen molar-refractivity contribution < 1.29 is 22.8 Å². The van der Waals surface area contributed by atoms with E-state index in [0.717, 1.165) is 6.20 Å². The molecule has 9 heteroatoms. The number of nitrogens with zero attached hydrogens (tertiary/aromatic N) is 1. The number of urea groups is 1. The number of aromatic nitrogens is 1. The molecule has 114 valence electrons. The number of alkyl halides is 3. The highest BCUT2D eigenvalue weighted by Gasteiger charge is 2.35. The van der Waals surface area contributed by atoms with Gasteiger partial charge < -0.3 is 5.32 Å². The molecule has 1 aliphatic rings. The SMILES string of the molecule is O=C1NC(=O)C(c2ccc(-c3cnc(C(F)(F)F)s3)cc2)N1. The van der Waals surface area contributed by atoms with Gasteiger partial charge in [-0.2, -0.15) is 13.2 Å². The van der Waals surface area contributed by atoms with Crippen LogP contribution in [-0.2, 0) is 11.0 Å². The highest BCUT2D eigenvalue weighted by Crippen LogP contribution is 2.36. The van der Waals surface area contributed by atoms with E-state index in [9.17, 15) is 22.8 Å². The molecule has 3 amide bonds. The molecule has 1 saturated heterocycles. The summed E-state index contributed by atoms with van der Waals surface area (Å²) in [4.78, 5) is 26.3. The van der Waals surface area contributed by atoms with Gasteiger partial charge in [-0.15, -0.1) is 11.3 Å². The van der Waals surface area contributed by atoms with E-state index in [1.54, 1.807) is 24.3 Å². The molecule has 3 rings (SSSR count). The Morgan fingerprint density at radius 3 is 2.32 bits per heavy atom. The van der Waals surface area contributed by atoms with Crippen molar-refractivity contribution >= 4 is 23.3 Å². The number of hydrogen-bond acceptors (Lipinski definition) is 4. The van der Waals surface area contributed by atoms with Crippen LogP contribution in [0.5, 0.6) is 0 Å². The Kier molecular flexibility index (Phi) is 3.36. The van der Waals surface area contributed by atoms with Crippen molar-refractivity contribution in [2.24, 2.45) is 0 Å². The first-order chi connectivity index (χ1) is 10.3. The molecule has 0 saturated carbocycles. The van der Waals surface area contributed by atoms with Crippen molar-refractivity contribution in [2.45, 2.75) is 12.2 Å². The molecule has 0 bridgehead atoms. The molecular formula is C13H8F3N3O2S. The van der Waals surface area contributed by atoms with E-state index in [1.807, 2.05) is 0 Å². The lowest BCUT2D eigenvalue weighted by molar-refractivity contribution is -0.137. The third kappa shape index (κ3) is 2.67. The maximum atomic E-state index is 12.5. The second-order valence-electron chi connectivity index (χ2n) is 4.55. The Labute approximate surface area is 126 Å². The monoisotopic (exact) mass is 327 g/mol. The van der Waals surface area contributed by atoms with Gasteiger partial charge in [0.1, 0.15) is 6.04 Å². The Bertz CT molecular complexity index is 740. The molecule has 5 nitrogen and oxygen atoms in total. The number of halogens is 3. The molecule has 1 aliphatic heterocycles. The minimum Gasteiger partial charge on any atom is -0.322 e. The molecule has 1 aromatic heterocycles. The lowest BCUT2D eigenvalue weighted by atomic mass is 10.0. The van der Waals surface area contributed by atoms with E-state index in [4.69, 9.17) is 0 Å². The zero-order valence-corrected chi connectivity index (χ0v) is 11.6. The molecule has 0 radical (unpaired) electrons. The summed E-state index contributed by atoms with van der Waals surface area (Å²) in [5.74, 6) is -0.463. The van der Waals surface area contributed by atoms with E-state index in [1.165, 1.54) is 0 Å². The van der Waals surface area contributed by atoms with Gasteiger partial charge in [0.2, 0.25) is 0 Å². The topological polar surface area (TPSA) is 71.1 Å². The second kappa shape index (κ2) is 5.09. The van der Waals surface area contributed by atoms with Crippen molar-refractivity contribution in [1.29, 1.82) is 0 Å². The fraction of sp³-hybridized carbons (Fsp3) is 0.154. The molecule has 1 unspecified atom stereocenters. The first kappa shape index (κ1) is 14.5. The minimum atomic E-state index is -4.46. The van der Waals surface area contributed by atoms with Crippen LogP contribution in [0.3, 0.4) is 0 Å². The van der Waals surface area contributed by atoms with Crippen LogP contribution in [0.25, 0.3) is 10.4 Å². The van der Waals surface area contributed by atoms with Gasteiger partial charge in [0.25, 0.3) is 5.91 Å². The summed E-state index contributed by atoms with van der Waals surface area (Å²) in [5, 5.41) is 3.65. The molecule has 2 N–H and O–H groups in total. The first-order valence-electron chi connectivity index (χ1n) is 6.09. The molecule has 0 aliphatic carbocycles. The number of rotatable bonds is 2. The van der Waals surface area contributed by atoms with Gasteiger partial charge in [-0.1, -0.05) is 24.3 Å². The van der Waals surface area contributed by atoms with Crippen LogP contribution in [0.4, 0.5) is 18.0 Å². The zero-order chi connectivity index (χ0) is 15.9. The standard InChI is InChI=1S/C13H8F3N3O2S/c14-13(15,16)11-17-5-8(22-11)6-1-3-7(4-2-6)9-10(20)19-12(21)18-9/h1-5,9H,(H2,18,19,20,21).